The van der Waals surface area contributed by atoms with Crippen molar-refractivity contribution < 1.29 is 23.8 Å². The highest BCUT2D eigenvalue weighted by Gasteiger charge is 2.60. The van der Waals surface area contributed by atoms with Gasteiger partial charge in [0, 0.05) is 24.8 Å². The summed E-state index contributed by atoms with van der Waals surface area (Å²) in [7, 11) is 0. The van der Waals surface area contributed by atoms with Gasteiger partial charge in [0.1, 0.15) is 18.3 Å². The highest BCUT2D eigenvalue weighted by molar-refractivity contribution is 5.87. The number of ether oxygens (including phenoxy) is 3. The third-order valence-electron chi connectivity index (χ3n) is 5.79. The van der Waals surface area contributed by atoms with Crippen molar-refractivity contribution in [1.82, 2.24) is 0 Å². The van der Waals surface area contributed by atoms with Crippen LogP contribution in [0.15, 0.2) is 23.3 Å². The molecule has 1 saturated heterocycles. The number of carbonyl (C=O) groups excluding carboxylic acids is 2. The van der Waals surface area contributed by atoms with Gasteiger partial charge in [0.15, 0.2) is 0 Å². The molecule has 0 saturated carbocycles. The Morgan fingerprint density at radius 1 is 1.30 bits per heavy atom. The van der Waals surface area contributed by atoms with Crippen LogP contribution < -0.4 is 0 Å². The van der Waals surface area contributed by atoms with Gasteiger partial charge in [-0.25, -0.2) is 4.79 Å². The summed E-state index contributed by atoms with van der Waals surface area (Å²) < 4.78 is 17.7. The summed E-state index contributed by atoms with van der Waals surface area (Å²) in [6.45, 7) is 13.3. The van der Waals surface area contributed by atoms with Crippen LogP contribution in [-0.4, -0.2) is 35.9 Å². The summed E-state index contributed by atoms with van der Waals surface area (Å²) in [5.74, 6) is -0.642. The monoisotopic (exact) mass is 378 g/mol. The minimum absolute atomic E-state index is 0.143. The molecular weight excluding hydrogens is 344 g/mol. The Labute approximate surface area is 163 Å². The Morgan fingerprint density at radius 2 is 1.96 bits per heavy atom. The summed E-state index contributed by atoms with van der Waals surface area (Å²) in [6.07, 6.45) is 5.40. The van der Waals surface area contributed by atoms with Crippen molar-refractivity contribution in [3.8, 4) is 0 Å². The topological polar surface area (TPSA) is 65.1 Å². The van der Waals surface area contributed by atoms with Gasteiger partial charge in [-0.15, -0.1) is 0 Å². The smallest absolute Gasteiger partial charge is 0.333 e. The maximum atomic E-state index is 12.5. The Morgan fingerprint density at radius 3 is 2.52 bits per heavy atom. The second kappa shape index (κ2) is 8.59. The third kappa shape index (κ3) is 5.22. The molecule has 5 heteroatoms. The minimum Gasteiger partial charge on any atom is -0.459 e. The zero-order valence-electron chi connectivity index (χ0n) is 17.7. The molecule has 1 fully saturated rings. The van der Waals surface area contributed by atoms with E-state index in [9.17, 15) is 9.59 Å². The van der Waals surface area contributed by atoms with E-state index in [1.165, 1.54) is 12.5 Å². The number of allylic oxidation sites excluding steroid dienone is 2. The van der Waals surface area contributed by atoms with Crippen LogP contribution in [0.25, 0.3) is 0 Å². The van der Waals surface area contributed by atoms with E-state index < -0.39 is 6.10 Å². The standard InChI is InChI=1S/C22H34O5/c1-8-15(5)21(24)26-17-12-14(4)10-9-11-22(7)20(27-22)19(25-16(6)23)18(17)13(2)3/h8,10,13,17-20H,9,11-12H2,1-7H3/t17-,18-,19+,20-,22-/m0/s1. The molecule has 27 heavy (non-hydrogen) atoms. The van der Waals surface area contributed by atoms with E-state index in [0.29, 0.717) is 12.0 Å². The van der Waals surface area contributed by atoms with Gasteiger partial charge in [0.2, 0.25) is 0 Å². The summed E-state index contributed by atoms with van der Waals surface area (Å²) in [4.78, 5) is 24.3. The molecule has 0 amide bonds. The summed E-state index contributed by atoms with van der Waals surface area (Å²) >= 11 is 0. The van der Waals surface area contributed by atoms with Crippen LogP contribution in [0.3, 0.4) is 0 Å². The zero-order valence-corrected chi connectivity index (χ0v) is 17.7. The molecule has 2 aliphatic rings. The third-order valence-corrected chi connectivity index (χ3v) is 5.79. The maximum Gasteiger partial charge on any atom is 0.333 e. The largest absolute Gasteiger partial charge is 0.459 e. The van der Waals surface area contributed by atoms with Crippen molar-refractivity contribution in [1.29, 1.82) is 0 Å². The number of hydrogen-bond acceptors (Lipinski definition) is 5. The second-order valence-corrected chi connectivity index (χ2v) is 8.46. The average molecular weight is 379 g/mol. The molecule has 1 heterocycles. The Kier molecular flexibility index (Phi) is 6.90. The van der Waals surface area contributed by atoms with Crippen molar-refractivity contribution in [3.63, 3.8) is 0 Å². The summed E-state index contributed by atoms with van der Waals surface area (Å²) in [5, 5.41) is 0. The van der Waals surface area contributed by atoms with Gasteiger partial charge in [-0.2, -0.15) is 0 Å². The first kappa shape index (κ1) is 21.7. The van der Waals surface area contributed by atoms with E-state index in [2.05, 4.69) is 33.8 Å². The van der Waals surface area contributed by atoms with Gasteiger partial charge in [-0.05, 0) is 46.5 Å². The van der Waals surface area contributed by atoms with Crippen LogP contribution >= 0.6 is 0 Å². The fraction of sp³-hybridized carbons (Fsp3) is 0.727. The quantitative estimate of drug-likeness (QED) is 0.315. The molecule has 1 aliphatic heterocycles. The first-order chi connectivity index (χ1) is 12.6. The molecule has 1 aliphatic carbocycles. The van der Waals surface area contributed by atoms with Crippen LogP contribution in [0.2, 0.25) is 0 Å². The van der Waals surface area contributed by atoms with E-state index in [1.54, 1.807) is 13.0 Å². The predicted molar refractivity (Wildman–Crippen MR) is 104 cm³/mol. The number of hydrogen-bond donors (Lipinski definition) is 0. The molecule has 0 aromatic carbocycles. The normalized spacial score (nSPS) is 34.4. The predicted octanol–water partition coefficient (Wildman–Crippen LogP) is 4.36. The Bertz CT molecular complexity index is 633. The van der Waals surface area contributed by atoms with Crippen LogP contribution in [0.5, 0.6) is 0 Å². The lowest BCUT2D eigenvalue weighted by molar-refractivity contribution is -0.162. The molecule has 5 atom stereocenters. The molecule has 0 spiro atoms. The lowest BCUT2D eigenvalue weighted by Crippen LogP contribution is -2.45. The molecule has 2 rings (SSSR count). The lowest BCUT2D eigenvalue weighted by atomic mass is 9.78. The molecule has 0 unspecified atom stereocenters. The van der Waals surface area contributed by atoms with E-state index in [0.717, 1.165) is 12.8 Å². The Hall–Kier alpha value is -1.62. The molecule has 0 aromatic heterocycles. The molecule has 0 radical (unpaired) electrons. The van der Waals surface area contributed by atoms with Gasteiger partial charge in [-0.3, -0.25) is 4.79 Å². The summed E-state index contributed by atoms with van der Waals surface area (Å²) in [5.41, 5.74) is 1.46. The SMILES string of the molecule is CC=C(C)C(=O)O[C@H]1CC(C)=CCC[C@]2(C)O[C@H]2[C@H](OC(C)=O)[C@H]1C(C)C. The van der Waals surface area contributed by atoms with E-state index in [4.69, 9.17) is 14.2 Å². The number of fused-ring (bicyclic) bond motifs is 1. The van der Waals surface area contributed by atoms with Gasteiger partial charge < -0.3 is 14.2 Å². The molecule has 0 N–H and O–H groups in total. The first-order valence-electron chi connectivity index (χ1n) is 9.93. The van der Waals surface area contributed by atoms with Crippen LogP contribution in [0.1, 0.15) is 67.7 Å². The highest BCUT2D eigenvalue weighted by atomic mass is 16.6. The van der Waals surface area contributed by atoms with Crippen molar-refractivity contribution in [2.24, 2.45) is 11.8 Å². The van der Waals surface area contributed by atoms with Crippen LogP contribution in [-0.2, 0) is 23.8 Å². The van der Waals surface area contributed by atoms with Crippen molar-refractivity contribution >= 4 is 11.9 Å². The van der Waals surface area contributed by atoms with Gasteiger partial charge in [0.05, 0.1) is 5.60 Å². The van der Waals surface area contributed by atoms with Gasteiger partial charge >= 0.3 is 11.9 Å². The fourth-order valence-corrected chi connectivity index (χ4v) is 4.04. The molecule has 5 nitrogen and oxygen atoms in total. The molecular formula is C22H34O5. The van der Waals surface area contributed by atoms with E-state index >= 15 is 0 Å². The van der Waals surface area contributed by atoms with Crippen molar-refractivity contribution in [3.05, 3.63) is 23.3 Å². The zero-order chi connectivity index (χ0) is 20.4. The highest BCUT2D eigenvalue weighted by Crippen LogP contribution is 2.48. The van der Waals surface area contributed by atoms with Crippen LogP contribution in [0.4, 0.5) is 0 Å². The molecule has 152 valence electrons. The van der Waals surface area contributed by atoms with Crippen molar-refractivity contribution in [2.75, 3.05) is 0 Å². The second-order valence-electron chi connectivity index (χ2n) is 8.46. The first-order valence-corrected chi connectivity index (χ1v) is 9.93. The number of esters is 2. The maximum absolute atomic E-state index is 12.5. The molecule has 0 bridgehead atoms. The van der Waals surface area contributed by atoms with Crippen LogP contribution in [0, 0.1) is 11.8 Å². The van der Waals surface area contributed by atoms with Crippen molar-refractivity contribution in [2.45, 2.75) is 91.6 Å². The Balaban J connectivity index is 2.42. The van der Waals surface area contributed by atoms with Gasteiger partial charge in [-0.1, -0.05) is 31.6 Å². The minimum atomic E-state index is -0.429. The fourth-order valence-electron chi connectivity index (χ4n) is 4.04. The number of carbonyl (C=O) groups is 2. The van der Waals surface area contributed by atoms with Gasteiger partial charge in [0.25, 0.3) is 0 Å². The number of epoxide rings is 1. The molecule has 0 aromatic rings. The number of rotatable bonds is 4. The lowest BCUT2D eigenvalue weighted by Gasteiger charge is -2.36. The average Bonchev–Trinajstić information content (AvgIpc) is 3.23. The van der Waals surface area contributed by atoms with E-state index in [1.807, 2.05) is 6.92 Å². The summed E-state index contributed by atoms with van der Waals surface area (Å²) in [6, 6.07) is 0. The van der Waals surface area contributed by atoms with E-state index in [-0.39, 0.29) is 41.6 Å².